The molecule has 1 aliphatic heterocycles. The van der Waals surface area contributed by atoms with E-state index in [1.807, 2.05) is 42.5 Å². The average molecular weight is 382 g/mol. The van der Waals surface area contributed by atoms with Crippen LogP contribution in [0, 0.1) is 0 Å². The minimum Gasteiger partial charge on any atom is -0.496 e. The first-order valence-corrected chi connectivity index (χ1v) is 9.09. The van der Waals surface area contributed by atoms with Crippen molar-refractivity contribution in [3.63, 3.8) is 0 Å². The predicted octanol–water partition coefficient (Wildman–Crippen LogP) is 3.05. The number of methoxy groups -OCH3 is 1. The lowest BCUT2D eigenvalue weighted by Crippen LogP contribution is -2.39. The second-order valence-electron chi connectivity index (χ2n) is 5.77. The molecule has 2 aromatic carbocycles. The zero-order chi connectivity index (χ0) is 19.2. The molecule has 1 saturated heterocycles. The van der Waals surface area contributed by atoms with Gasteiger partial charge in [0.25, 0.3) is 11.1 Å². The number of nitrogens with one attached hydrogen (secondary N) is 1. The number of carbonyl (C=O) groups is 3. The van der Waals surface area contributed by atoms with Crippen molar-refractivity contribution >= 4 is 34.9 Å². The molecule has 0 aromatic heterocycles. The molecule has 1 aliphatic rings. The monoisotopic (exact) mass is 382 g/mol. The van der Waals surface area contributed by atoms with Gasteiger partial charge in [-0.1, -0.05) is 48.5 Å². The molecule has 138 valence electrons. The molecule has 27 heavy (non-hydrogen) atoms. The summed E-state index contributed by atoms with van der Waals surface area (Å²) < 4.78 is 5.26. The van der Waals surface area contributed by atoms with Gasteiger partial charge >= 0.3 is 0 Å². The number of imide groups is 1. The van der Waals surface area contributed by atoms with E-state index in [9.17, 15) is 14.4 Å². The second-order valence-corrected chi connectivity index (χ2v) is 6.77. The van der Waals surface area contributed by atoms with Crippen molar-refractivity contribution < 1.29 is 19.1 Å². The van der Waals surface area contributed by atoms with Gasteiger partial charge in [0, 0.05) is 12.1 Å². The van der Waals surface area contributed by atoms with Crippen LogP contribution in [0.1, 0.15) is 11.1 Å². The van der Waals surface area contributed by atoms with Crippen LogP contribution < -0.4 is 10.1 Å². The molecule has 6 nitrogen and oxygen atoms in total. The molecule has 1 N–H and O–H groups in total. The van der Waals surface area contributed by atoms with E-state index in [0.29, 0.717) is 17.9 Å². The van der Waals surface area contributed by atoms with Gasteiger partial charge in [0.1, 0.15) is 12.3 Å². The zero-order valence-electron chi connectivity index (χ0n) is 14.7. The Labute approximate surface area is 161 Å². The zero-order valence-corrected chi connectivity index (χ0v) is 15.5. The van der Waals surface area contributed by atoms with Crippen molar-refractivity contribution in [1.82, 2.24) is 10.2 Å². The number of thioether (sulfide) groups is 1. The third-order valence-corrected chi connectivity index (χ3v) is 4.84. The number of amides is 3. The van der Waals surface area contributed by atoms with Crippen LogP contribution in [-0.4, -0.2) is 35.6 Å². The maximum absolute atomic E-state index is 12.5. The van der Waals surface area contributed by atoms with Crippen LogP contribution in [0.25, 0.3) is 6.08 Å². The third kappa shape index (κ3) is 4.57. The van der Waals surface area contributed by atoms with Crippen molar-refractivity contribution in [2.24, 2.45) is 0 Å². The van der Waals surface area contributed by atoms with Crippen LogP contribution in [0.2, 0.25) is 0 Å². The van der Waals surface area contributed by atoms with Gasteiger partial charge in [-0.3, -0.25) is 19.3 Å². The van der Waals surface area contributed by atoms with Gasteiger partial charge in [-0.2, -0.15) is 0 Å². The Morgan fingerprint density at radius 1 is 1.11 bits per heavy atom. The fourth-order valence-electron chi connectivity index (χ4n) is 2.56. The molecule has 2 aromatic rings. The number of para-hydroxylation sites is 1. The molecule has 0 unspecified atom stereocenters. The summed E-state index contributed by atoms with van der Waals surface area (Å²) in [7, 11) is 1.54. The summed E-state index contributed by atoms with van der Waals surface area (Å²) in [6, 6.07) is 16.6. The Kier molecular flexibility index (Phi) is 5.93. The molecular weight excluding hydrogens is 364 g/mol. The lowest BCUT2D eigenvalue weighted by Gasteiger charge is -2.12. The van der Waals surface area contributed by atoms with E-state index in [2.05, 4.69) is 5.32 Å². The number of hydrogen-bond donors (Lipinski definition) is 1. The van der Waals surface area contributed by atoms with Gasteiger partial charge in [0.15, 0.2) is 0 Å². The molecule has 0 bridgehead atoms. The summed E-state index contributed by atoms with van der Waals surface area (Å²) in [5, 5.41) is 2.25. The fraction of sp³-hybridized carbons (Fsp3) is 0.150. The quantitative estimate of drug-likeness (QED) is 0.777. The van der Waals surface area contributed by atoms with E-state index in [0.717, 1.165) is 22.2 Å². The van der Waals surface area contributed by atoms with Gasteiger partial charge in [-0.05, 0) is 29.5 Å². The second kappa shape index (κ2) is 8.55. The van der Waals surface area contributed by atoms with Crippen LogP contribution in [0.4, 0.5) is 4.79 Å². The Morgan fingerprint density at radius 2 is 1.81 bits per heavy atom. The highest BCUT2D eigenvalue weighted by molar-refractivity contribution is 8.18. The highest BCUT2D eigenvalue weighted by atomic mass is 32.2. The standard InChI is InChI=1S/C20H18N2O4S/c1-26-16-10-6-5-9-15(16)11-17-19(24)22(20(25)27-17)13-18(23)21-12-14-7-3-2-4-8-14/h2-11H,12-13H2,1H3,(H,21,23)/b17-11-. The lowest BCUT2D eigenvalue weighted by molar-refractivity contribution is -0.129. The molecule has 1 fully saturated rings. The molecule has 0 atom stereocenters. The Balaban J connectivity index is 1.65. The molecular formula is C20H18N2O4S. The Bertz CT molecular complexity index is 896. The largest absolute Gasteiger partial charge is 0.496 e. The van der Waals surface area contributed by atoms with Crippen molar-refractivity contribution in [1.29, 1.82) is 0 Å². The molecule has 0 aliphatic carbocycles. The first-order valence-electron chi connectivity index (χ1n) is 8.27. The maximum atomic E-state index is 12.5. The highest BCUT2D eigenvalue weighted by Crippen LogP contribution is 2.33. The van der Waals surface area contributed by atoms with E-state index in [1.165, 1.54) is 7.11 Å². The number of carbonyl (C=O) groups excluding carboxylic acids is 3. The van der Waals surface area contributed by atoms with Crippen LogP contribution in [0.15, 0.2) is 59.5 Å². The first kappa shape index (κ1) is 18.7. The van der Waals surface area contributed by atoms with Gasteiger partial charge in [-0.25, -0.2) is 0 Å². The number of nitrogens with zero attached hydrogens (tertiary/aromatic N) is 1. The van der Waals surface area contributed by atoms with Crippen LogP contribution in [-0.2, 0) is 16.1 Å². The van der Waals surface area contributed by atoms with Crippen LogP contribution >= 0.6 is 11.8 Å². The van der Waals surface area contributed by atoms with Crippen molar-refractivity contribution in [3.05, 3.63) is 70.6 Å². The first-order chi connectivity index (χ1) is 13.1. The van der Waals surface area contributed by atoms with Crippen molar-refractivity contribution in [3.8, 4) is 5.75 Å². The Morgan fingerprint density at radius 3 is 2.56 bits per heavy atom. The molecule has 3 amide bonds. The van der Waals surface area contributed by atoms with Gasteiger partial charge in [-0.15, -0.1) is 0 Å². The maximum Gasteiger partial charge on any atom is 0.294 e. The van der Waals surface area contributed by atoms with E-state index in [-0.39, 0.29) is 17.4 Å². The normalized spacial score (nSPS) is 15.3. The number of rotatable bonds is 6. The molecule has 1 heterocycles. The lowest BCUT2D eigenvalue weighted by atomic mass is 10.2. The van der Waals surface area contributed by atoms with E-state index >= 15 is 0 Å². The molecule has 0 spiro atoms. The average Bonchev–Trinajstić information content (AvgIpc) is 2.95. The smallest absolute Gasteiger partial charge is 0.294 e. The highest BCUT2D eigenvalue weighted by Gasteiger charge is 2.36. The Hall–Kier alpha value is -3.06. The van der Waals surface area contributed by atoms with Gasteiger partial charge in [0.2, 0.25) is 5.91 Å². The van der Waals surface area contributed by atoms with E-state index in [4.69, 9.17) is 4.74 Å². The number of ether oxygens (including phenoxy) is 1. The summed E-state index contributed by atoms with van der Waals surface area (Å²) >= 11 is 0.815. The van der Waals surface area contributed by atoms with Crippen LogP contribution in [0.5, 0.6) is 5.75 Å². The van der Waals surface area contributed by atoms with Gasteiger partial charge in [0.05, 0.1) is 12.0 Å². The summed E-state index contributed by atoms with van der Waals surface area (Å²) in [5.41, 5.74) is 1.63. The number of benzene rings is 2. The fourth-order valence-corrected chi connectivity index (χ4v) is 3.39. The molecule has 7 heteroatoms. The van der Waals surface area contributed by atoms with Gasteiger partial charge < -0.3 is 10.1 Å². The molecule has 0 saturated carbocycles. The minimum absolute atomic E-state index is 0.264. The topological polar surface area (TPSA) is 75.7 Å². The molecule has 0 radical (unpaired) electrons. The van der Waals surface area contributed by atoms with E-state index in [1.54, 1.807) is 18.2 Å². The predicted molar refractivity (Wildman–Crippen MR) is 104 cm³/mol. The van der Waals surface area contributed by atoms with E-state index < -0.39 is 11.1 Å². The van der Waals surface area contributed by atoms with Crippen molar-refractivity contribution in [2.45, 2.75) is 6.54 Å². The summed E-state index contributed by atoms with van der Waals surface area (Å²) in [5.74, 6) is -0.268. The van der Waals surface area contributed by atoms with Crippen molar-refractivity contribution in [2.75, 3.05) is 13.7 Å². The summed E-state index contributed by atoms with van der Waals surface area (Å²) in [4.78, 5) is 38.0. The molecule has 3 rings (SSSR count). The van der Waals surface area contributed by atoms with Crippen LogP contribution in [0.3, 0.4) is 0 Å². The third-order valence-electron chi connectivity index (χ3n) is 3.93. The SMILES string of the molecule is COc1ccccc1/C=C1\SC(=O)N(CC(=O)NCc2ccccc2)C1=O. The number of hydrogen-bond acceptors (Lipinski definition) is 5. The minimum atomic E-state index is -0.481. The summed E-state index contributed by atoms with van der Waals surface area (Å²) in [6.45, 7) is 0.0354. The summed E-state index contributed by atoms with van der Waals surface area (Å²) in [6.07, 6.45) is 1.60.